The molecule has 0 aromatic carbocycles. The zero-order valence-corrected chi connectivity index (χ0v) is 16.4. The number of nitrogens with zero attached hydrogens (tertiary/aromatic N) is 3. The highest BCUT2D eigenvalue weighted by Crippen LogP contribution is 2.32. The van der Waals surface area contributed by atoms with E-state index in [-0.39, 0.29) is 35.0 Å². The topological polar surface area (TPSA) is 59.2 Å². The number of alkyl halides is 3. The summed E-state index contributed by atoms with van der Waals surface area (Å²) in [6.07, 6.45) is 1.09. The lowest BCUT2D eigenvalue weighted by molar-refractivity contribution is -0.141. The zero-order valence-electron chi connectivity index (χ0n) is 15.5. The second-order valence-electron chi connectivity index (χ2n) is 6.64. The molecule has 9 heteroatoms. The van der Waals surface area contributed by atoms with E-state index in [9.17, 15) is 18.0 Å². The number of rotatable bonds is 6. The first-order valence-corrected chi connectivity index (χ1v) is 10.3. The van der Waals surface area contributed by atoms with Gasteiger partial charge >= 0.3 is 6.18 Å². The summed E-state index contributed by atoms with van der Waals surface area (Å²) in [5.74, 6) is 0.604. The van der Waals surface area contributed by atoms with Gasteiger partial charge in [-0.05, 0) is 43.9 Å². The van der Waals surface area contributed by atoms with Crippen LogP contribution in [0.25, 0.3) is 11.5 Å². The molecule has 1 saturated heterocycles. The normalized spacial score (nSPS) is 17.7. The summed E-state index contributed by atoms with van der Waals surface area (Å²) < 4.78 is 44.7. The molecule has 2 aromatic rings. The third kappa shape index (κ3) is 5.06. The minimum atomic E-state index is -4.59. The largest absolute Gasteiger partial charge is 0.463 e. The predicted octanol–water partition coefficient (Wildman–Crippen LogP) is 5.03. The molecule has 1 unspecified atom stereocenters. The van der Waals surface area contributed by atoms with Crippen LogP contribution < -0.4 is 0 Å². The smallest absolute Gasteiger partial charge is 0.433 e. The molecule has 152 valence electrons. The SMILES string of the molecule is CCC1CCCCN1C(=O)CCSc1nc(-c2ccco2)cc(C(F)(F)F)n1. The maximum Gasteiger partial charge on any atom is 0.433 e. The molecule has 0 aliphatic carbocycles. The Morgan fingerprint density at radius 3 is 2.86 bits per heavy atom. The first kappa shape index (κ1) is 20.7. The van der Waals surface area contributed by atoms with E-state index in [0.29, 0.717) is 5.75 Å². The van der Waals surface area contributed by atoms with Crippen molar-refractivity contribution in [3.8, 4) is 11.5 Å². The van der Waals surface area contributed by atoms with Gasteiger partial charge in [0.1, 0.15) is 11.4 Å². The van der Waals surface area contributed by atoms with Crippen LogP contribution in [0.5, 0.6) is 0 Å². The van der Waals surface area contributed by atoms with Crippen molar-refractivity contribution in [3.63, 3.8) is 0 Å². The molecular formula is C19H22F3N3O2S. The average Bonchev–Trinajstić information content (AvgIpc) is 3.22. The quantitative estimate of drug-likeness (QED) is 0.491. The van der Waals surface area contributed by atoms with E-state index in [4.69, 9.17) is 4.42 Å². The molecule has 1 aliphatic heterocycles. The summed E-state index contributed by atoms with van der Waals surface area (Å²) >= 11 is 1.05. The van der Waals surface area contributed by atoms with Gasteiger partial charge in [0.25, 0.3) is 0 Å². The van der Waals surface area contributed by atoms with E-state index >= 15 is 0 Å². The zero-order chi connectivity index (χ0) is 20.1. The standard InChI is InChI=1S/C19H22F3N3O2S/c1-2-13-6-3-4-9-25(13)17(26)8-11-28-18-23-14(15-7-5-10-27-15)12-16(24-18)19(20,21)22/h5,7,10,12-13H,2-4,6,8-9,11H2,1H3. The van der Waals surface area contributed by atoms with Crippen molar-refractivity contribution in [2.24, 2.45) is 0 Å². The number of carbonyl (C=O) groups excluding carboxylic acids is 1. The molecule has 1 aliphatic rings. The fourth-order valence-electron chi connectivity index (χ4n) is 3.31. The van der Waals surface area contributed by atoms with E-state index in [1.54, 1.807) is 12.1 Å². The van der Waals surface area contributed by atoms with E-state index in [1.807, 2.05) is 4.90 Å². The number of aromatic nitrogens is 2. The van der Waals surface area contributed by atoms with Gasteiger partial charge in [-0.1, -0.05) is 18.7 Å². The molecule has 28 heavy (non-hydrogen) atoms. The van der Waals surface area contributed by atoms with Gasteiger partial charge in [-0.3, -0.25) is 4.79 Å². The van der Waals surface area contributed by atoms with Gasteiger partial charge < -0.3 is 9.32 Å². The Labute approximate surface area is 165 Å². The molecule has 0 saturated carbocycles. The molecule has 1 fully saturated rings. The van der Waals surface area contributed by atoms with Gasteiger partial charge in [-0.2, -0.15) is 13.2 Å². The molecule has 0 spiro atoms. The summed E-state index contributed by atoms with van der Waals surface area (Å²) in [6.45, 7) is 2.82. The number of likely N-dealkylation sites (tertiary alicyclic amines) is 1. The summed E-state index contributed by atoms with van der Waals surface area (Å²) in [6, 6.07) is 4.26. The van der Waals surface area contributed by atoms with Gasteiger partial charge in [-0.15, -0.1) is 0 Å². The van der Waals surface area contributed by atoms with Crippen molar-refractivity contribution < 1.29 is 22.4 Å². The lowest BCUT2D eigenvalue weighted by Gasteiger charge is -2.35. The lowest BCUT2D eigenvalue weighted by Crippen LogP contribution is -2.43. The molecule has 2 aromatic heterocycles. The second kappa shape index (κ2) is 8.98. The number of thioether (sulfide) groups is 1. The van der Waals surface area contributed by atoms with Gasteiger partial charge in [0, 0.05) is 24.8 Å². The van der Waals surface area contributed by atoms with E-state index < -0.39 is 11.9 Å². The van der Waals surface area contributed by atoms with Crippen molar-refractivity contribution in [3.05, 3.63) is 30.2 Å². The molecule has 1 amide bonds. The van der Waals surface area contributed by atoms with Gasteiger partial charge in [0.05, 0.1) is 6.26 Å². The molecule has 0 bridgehead atoms. The highest BCUT2D eigenvalue weighted by molar-refractivity contribution is 7.99. The van der Waals surface area contributed by atoms with Crippen LogP contribution in [-0.2, 0) is 11.0 Å². The summed E-state index contributed by atoms with van der Waals surface area (Å²) in [4.78, 5) is 22.2. The van der Waals surface area contributed by atoms with Crippen molar-refractivity contribution in [1.29, 1.82) is 0 Å². The Morgan fingerprint density at radius 1 is 1.36 bits per heavy atom. The van der Waals surface area contributed by atoms with Gasteiger partial charge in [0.2, 0.25) is 5.91 Å². The Balaban J connectivity index is 1.68. The fourth-order valence-corrected chi connectivity index (χ4v) is 4.10. The van der Waals surface area contributed by atoms with Crippen LogP contribution in [0.15, 0.2) is 34.0 Å². The van der Waals surface area contributed by atoms with Crippen LogP contribution in [0.2, 0.25) is 0 Å². The Morgan fingerprint density at radius 2 is 2.18 bits per heavy atom. The second-order valence-corrected chi connectivity index (χ2v) is 7.70. The minimum absolute atomic E-state index is 0.0142. The molecule has 0 N–H and O–H groups in total. The van der Waals surface area contributed by atoms with Crippen molar-refractivity contribution >= 4 is 17.7 Å². The number of amides is 1. The molecule has 5 nitrogen and oxygen atoms in total. The number of carbonyl (C=O) groups is 1. The first-order valence-electron chi connectivity index (χ1n) is 9.31. The van der Waals surface area contributed by atoms with E-state index in [2.05, 4.69) is 16.9 Å². The predicted molar refractivity (Wildman–Crippen MR) is 99.7 cm³/mol. The van der Waals surface area contributed by atoms with Crippen LogP contribution in [0.1, 0.15) is 44.7 Å². The molecule has 1 atom stereocenters. The van der Waals surface area contributed by atoms with E-state index in [1.165, 1.54) is 6.26 Å². The highest BCUT2D eigenvalue weighted by atomic mass is 32.2. The van der Waals surface area contributed by atoms with Gasteiger partial charge in [0.15, 0.2) is 10.9 Å². The van der Waals surface area contributed by atoms with Crippen molar-refractivity contribution in [2.45, 2.75) is 56.4 Å². The maximum atomic E-state index is 13.2. The summed E-state index contributed by atoms with van der Waals surface area (Å²) in [5, 5.41) is -0.0142. The van der Waals surface area contributed by atoms with Crippen LogP contribution in [-0.4, -0.2) is 39.1 Å². The van der Waals surface area contributed by atoms with Crippen LogP contribution >= 0.6 is 11.8 Å². The Kier molecular flexibility index (Phi) is 6.64. The molecule has 3 rings (SSSR count). The monoisotopic (exact) mass is 413 g/mol. The Hall–Kier alpha value is -2.03. The van der Waals surface area contributed by atoms with Crippen molar-refractivity contribution in [2.75, 3.05) is 12.3 Å². The third-order valence-corrected chi connectivity index (χ3v) is 5.58. The molecule has 3 heterocycles. The van der Waals surface area contributed by atoms with Crippen LogP contribution in [0, 0.1) is 0 Å². The molecule has 0 radical (unpaired) electrons. The molecular weight excluding hydrogens is 391 g/mol. The number of piperidine rings is 1. The number of hydrogen-bond acceptors (Lipinski definition) is 5. The number of furan rings is 1. The van der Waals surface area contributed by atoms with Crippen LogP contribution in [0.3, 0.4) is 0 Å². The first-order chi connectivity index (χ1) is 13.4. The van der Waals surface area contributed by atoms with E-state index in [0.717, 1.165) is 50.1 Å². The summed E-state index contributed by atoms with van der Waals surface area (Å²) in [7, 11) is 0. The Bertz CT molecular complexity index is 796. The maximum absolute atomic E-state index is 13.2. The average molecular weight is 413 g/mol. The lowest BCUT2D eigenvalue weighted by atomic mass is 10.00. The summed E-state index contributed by atoms with van der Waals surface area (Å²) in [5.41, 5.74) is -0.951. The highest BCUT2D eigenvalue weighted by Gasteiger charge is 2.34. The third-order valence-electron chi connectivity index (χ3n) is 4.74. The van der Waals surface area contributed by atoms with Crippen molar-refractivity contribution in [1.82, 2.24) is 14.9 Å². The number of halogens is 3. The van der Waals surface area contributed by atoms with Gasteiger partial charge in [-0.25, -0.2) is 9.97 Å². The fraction of sp³-hybridized carbons (Fsp3) is 0.526. The minimum Gasteiger partial charge on any atom is -0.463 e. The van der Waals surface area contributed by atoms with Crippen LogP contribution in [0.4, 0.5) is 13.2 Å². The number of hydrogen-bond donors (Lipinski definition) is 0.